The van der Waals surface area contributed by atoms with Gasteiger partial charge in [0.1, 0.15) is 0 Å². The van der Waals surface area contributed by atoms with Crippen LogP contribution in [-0.2, 0) is 6.54 Å². The molecule has 0 atom stereocenters. The molecule has 1 saturated heterocycles. The second-order valence-corrected chi connectivity index (χ2v) is 7.74. The summed E-state index contributed by atoms with van der Waals surface area (Å²) in [6, 6.07) is 8.89. The summed E-state index contributed by atoms with van der Waals surface area (Å²) >= 11 is 0. The number of hydrogen-bond donors (Lipinski definition) is 1. The molecule has 1 N–H and O–H groups in total. The number of aliphatic imine (C=N–C) groups is 1. The van der Waals surface area contributed by atoms with Gasteiger partial charge in [0, 0.05) is 38.4 Å². The van der Waals surface area contributed by atoms with Gasteiger partial charge in [-0.1, -0.05) is 30.7 Å². The first-order chi connectivity index (χ1) is 12.3. The van der Waals surface area contributed by atoms with Crippen LogP contribution < -0.4 is 10.2 Å². The molecule has 1 spiro atoms. The van der Waals surface area contributed by atoms with Crippen LogP contribution in [0, 0.1) is 5.41 Å². The van der Waals surface area contributed by atoms with Gasteiger partial charge in [-0.25, -0.2) is 4.99 Å². The highest BCUT2D eigenvalue weighted by Crippen LogP contribution is 2.47. The van der Waals surface area contributed by atoms with Crippen LogP contribution in [0.4, 0.5) is 5.69 Å². The molecule has 0 bridgehead atoms. The molecule has 2 fully saturated rings. The maximum atomic E-state index is 4.92. The summed E-state index contributed by atoms with van der Waals surface area (Å²) < 4.78 is 0. The molecule has 25 heavy (non-hydrogen) atoms. The van der Waals surface area contributed by atoms with E-state index in [4.69, 9.17) is 4.99 Å². The predicted molar refractivity (Wildman–Crippen MR) is 105 cm³/mol. The van der Waals surface area contributed by atoms with Gasteiger partial charge in [0.05, 0.1) is 6.54 Å². The minimum absolute atomic E-state index is 0.613. The van der Waals surface area contributed by atoms with Crippen molar-refractivity contribution in [3.63, 3.8) is 0 Å². The number of likely N-dealkylation sites (tertiary alicyclic amines) is 1. The van der Waals surface area contributed by atoms with Gasteiger partial charge in [0.25, 0.3) is 0 Å². The lowest BCUT2D eigenvalue weighted by Gasteiger charge is -2.38. The van der Waals surface area contributed by atoms with Crippen molar-refractivity contribution in [2.75, 3.05) is 37.6 Å². The number of nitrogens with zero attached hydrogens (tertiary/aromatic N) is 3. The molecule has 4 heteroatoms. The zero-order chi connectivity index (χ0) is 17.1. The molecule has 4 nitrogen and oxygen atoms in total. The summed E-state index contributed by atoms with van der Waals surface area (Å²) in [6.45, 7) is 8.25. The highest BCUT2D eigenvalue weighted by molar-refractivity contribution is 5.80. The molecule has 0 unspecified atom stereocenters. The Labute approximate surface area is 151 Å². The molecule has 1 aliphatic carbocycles. The lowest BCUT2D eigenvalue weighted by atomic mass is 9.68. The Balaban J connectivity index is 1.39. The Hall–Kier alpha value is -1.97. The van der Waals surface area contributed by atoms with Crippen LogP contribution in [0.25, 0.3) is 0 Å². The number of nitrogens with one attached hydrogen (secondary N) is 1. The summed E-state index contributed by atoms with van der Waals surface area (Å²) in [5, 5.41) is 3.50. The topological polar surface area (TPSA) is 30.9 Å². The van der Waals surface area contributed by atoms with Crippen molar-refractivity contribution in [3.05, 3.63) is 42.0 Å². The monoisotopic (exact) mass is 338 g/mol. The molecular weight excluding hydrogens is 308 g/mol. The number of rotatable bonds is 4. The summed E-state index contributed by atoms with van der Waals surface area (Å²) in [6.07, 6.45) is 10.0. The first-order valence-electron chi connectivity index (χ1n) is 9.80. The zero-order valence-electron chi connectivity index (χ0n) is 15.4. The van der Waals surface area contributed by atoms with Gasteiger partial charge in [-0.3, -0.25) is 0 Å². The fourth-order valence-corrected chi connectivity index (χ4v) is 4.29. The van der Waals surface area contributed by atoms with E-state index in [1.54, 1.807) is 0 Å². The maximum Gasteiger partial charge on any atom is 0.194 e. The second-order valence-electron chi connectivity index (χ2n) is 7.74. The Morgan fingerprint density at radius 3 is 2.48 bits per heavy atom. The first-order valence-corrected chi connectivity index (χ1v) is 9.80. The molecule has 2 heterocycles. The Morgan fingerprint density at radius 2 is 1.88 bits per heavy atom. The van der Waals surface area contributed by atoms with E-state index in [2.05, 4.69) is 58.5 Å². The lowest BCUT2D eigenvalue weighted by molar-refractivity contribution is 0.151. The molecule has 0 aromatic heterocycles. The lowest BCUT2D eigenvalue weighted by Crippen LogP contribution is -2.42. The van der Waals surface area contributed by atoms with E-state index in [1.807, 2.05) is 0 Å². The normalized spacial score (nSPS) is 21.9. The van der Waals surface area contributed by atoms with Crippen molar-refractivity contribution in [2.45, 2.75) is 39.2 Å². The number of anilines is 1. The molecule has 2 aliphatic heterocycles. The summed E-state index contributed by atoms with van der Waals surface area (Å²) in [4.78, 5) is 9.78. The van der Waals surface area contributed by atoms with E-state index in [1.165, 1.54) is 43.5 Å². The number of hydrogen-bond acceptors (Lipinski definition) is 2. The maximum absolute atomic E-state index is 4.92. The van der Waals surface area contributed by atoms with Gasteiger partial charge in [0.2, 0.25) is 0 Å². The van der Waals surface area contributed by atoms with E-state index in [0.717, 1.165) is 38.7 Å². The van der Waals surface area contributed by atoms with E-state index in [0.29, 0.717) is 5.41 Å². The quantitative estimate of drug-likeness (QED) is 0.518. The third-order valence-electron chi connectivity index (χ3n) is 6.02. The highest BCUT2D eigenvalue weighted by atomic mass is 15.3. The molecule has 134 valence electrons. The van der Waals surface area contributed by atoms with E-state index in [9.17, 15) is 0 Å². The van der Waals surface area contributed by atoms with Crippen molar-refractivity contribution in [1.82, 2.24) is 10.2 Å². The molecular formula is C21H30N4. The molecule has 1 saturated carbocycles. The van der Waals surface area contributed by atoms with Crippen LogP contribution in [0.5, 0.6) is 0 Å². The zero-order valence-corrected chi connectivity index (χ0v) is 15.4. The van der Waals surface area contributed by atoms with Gasteiger partial charge in [-0.15, -0.1) is 0 Å². The third-order valence-corrected chi connectivity index (χ3v) is 6.02. The van der Waals surface area contributed by atoms with Gasteiger partial charge in [-0.05, 0) is 49.3 Å². The fraction of sp³-hybridized carbons (Fsp3) is 0.571. The summed E-state index contributed by atoms with van der Waals surface area (Å²) in [5.41, 5.74) is 3.20. The van der Waals surface area contributed by atoms with E-state index >= 15 is 0 Å². The largest absolute Gasteiger partial charge is 0.364 e. The van der Waals surface area contributed by atoms with Crippen molar-refractivity contribution in [3.8, 4) is 0 Å². The highest BCUT2D eigenvalue weighted by Gasteiger charge is 2.43. The van der Waals surface area contributed by atoms with Gasteiger partial charge < -0.3 is 15.1 Å². The summed E-state index contributed by atoms with van der Waals surface area (Å²) in [7, 11) is 0. The molecule has 4 rings (SSSR count). The van der Waals surface area contributed by atoms with Crippen LogP contribution in [0.15, 0.2) is 41.4 Å². The van der Waals surface area contributed by atoms with Crippen LogP contribution in [-0.4, -0.2) is 43.6 Å². The third kappa shape index (κ3) is 3.53. The van der Waals surface area contributed by atoms with Crippen LogP contribution in [0.1, 0.15) is 38.2 Å². The van der Waals surface area contributed by atoms with Crippen molar-refractivity contribution in [2.24, 2.45) is 10.4 Å². The average molecular weight is 338 g/mol. The van der Waals surface area contributed by atoms with Crippen molar-refractivity contribution < 1.29 is 0 Å². The standard InChI is InChI=1S/C21H30N4/c1-2-22-20(25-15-12-21(17-25)10-5-11-21)23-16-18-6-8-19(9-7-18)24-13-3-4-14-24/h3-4,6-9H,2,5,10-17H2,1H3,(H,22,23). The first kappa shape index (κ1) is 16.5. The van der Waals surface area contributed by atoms with E-state index < -0.39 is 0 Å². The predicted octanol–water partition coefficient (Wildman–Crippen LogP) is 3.40. The van der Waals surface area contributed by atoms with Crippen LogP contribution >= 0.6 is 0 Å². The molecule has 1 aromatic carbocycles. The smallest absolute Gasteiger partial charge is 0.194 e. The second kappa shape index (κ2) is 7.11. The van der Waals surface area contributed by atoms with Gasteiger partial charge >= 0.3 is 0 Å². The Bertz CT molecular complexity index is 634. The Kier molecular flexibility index (Phi) is 4.69. The van der Waals surface area contributed by atoms with E-state index in [-0.39, 0.29) is 0 Å². The van der Waals surface area contributed by atoms with Crippen molar-refractivity contribution in [1.29, 1.82) is 0 Å². The number of benzene rings is 1. The van der Waals surface area contributed by atoms with Crippen LogP contribution in [0.2, 0.25) is 0 Å². The van der Waals surface area contributed by atoms with Crippen molar-refractivity contribution >= 4 is 11.6 Å². The SMILES string of the molecule is CCNC(=NCc1ccc(N2CC=CC2)cc1)N1CCC2(CCC2)C1. The molecule has 0 amide bonds. The fourth-order valence-electron chi connectivity index (χ4n) is 4.29. The molecule has 1 aromatic rings. The van der Waals surface area contributed by atoms with Gasteiger partial charge in [0.15, 0.2) is 5.96 Å². The average Bonchev–Trinajstić information content (AvgIpc) is 3.28. The Morgan fingerprint density at radius 1 is 1.12 bits per heavy atom. The molecule has 0 radical (unpaired) electrons. The minimum atomic E-state index is 0.613. The number of guanidine groups is 1. The van der Waals surface area contributed by atoms with Crippen LogP contribution in [0.3, 0.4) is 0 Å². The minimum Gasteiger partial charge on any atom is -0.364 e. The van der Waals surface area contributed by atoms with Gasteiger partial charge in [-0.2, -0.15) is 0 Å². The molecule has 3 aliphatic rings. The summed E-state index contributed by atoms with van der Waals surface area (Å²) in [5.74, 6) is 1.10.